The van der Waals surface area contributed by atoms with Gasteiger partial charge in [0.25, 0.3) is 0 Å². The highest BCUT2D eigenvalue weighted by Crippen LogP contribution is 2.25. The summed E-state index contributed by atoms with van der Waals surface area (Å²) < 4.78 is 7.05. The Bertz CT molecular complexity index is 1060. The molecule has 0 aliphatic heterocycles. The van der Waals surface area contributed by atoms with Crippen molar-refractivity contribution in [2.75, 3.05) is 0 Å². The minimum Gasteiger partial charge on any atom is -0.489 e. The molecule has 0 aliphatic rings. The molecule has 0 radical (unpaired) electrons. The van der Waals surface area contributed by atoms with Crippen LogP contribution in [-0.2, 0) is 19.7 Å². The Morgan fingerprint density at radius 2 is 1.79 bits per heavy atom. The van der Waals surface area contributed by atoms with Gasteiger partial charge >= 0.3 is 0 Å². The van der Waals surface area contributed by atoms with Crippen LogP contribution in [0.3, 0.4) is 0 Å². The van der Waals surface area contributed by atoms with E-state index in [2.05, 4.69) is 37.3 Å². The number of aromatic amines is 1. The van der Waals surface area contributed by atoms with Crippen molar-refractivity contribution >= 4 is 38.6 Å². The minimum absolute atomic E-state index is 0.428. The van der Waals surface area contributed by atoms with E-state index >= 15 is 0 Å². The fourth-order valence-corrected chi connectivity index (χ4v) is 3.60. The lowest BCUT2D eigenvalue weighted by Crippen LogP contribution is -2.14. The molecule has 2 N–H and O–H groups in total. The number of hydrogen-bond donors (Lipinski definition) is 2. The third-order valence-electron chi connectivity index (χ3n) is 4.41. The van der Waals surface area contributed by atoms with Gasteiger partial charge in [-0.15, -0.1) is 0 Å². The molecule has 0 saturated carbocycles. The molecule has 0 fully saturated rings. The molecule has 0 amide bonds. The molecule has 4 aromatic rings. The molecular formula is C22H19BrClN3O. The second-order valence-corrected chi connectivity index (χ2v) is 7.76. The Morgan fingerprint density at radius 1 is 0.964 bits per heavy atom. The largest absolute Gasteiger partial charge is 0.489 e. The van der Waals surface area contributed by atoms with Gasteiger partial charge in [0, 0.05) is 27.2 Å². The fraction of sp³-hybridized carbons (Fsp3) is 0.136. The number of nitrogens with one attached hydrogen (secondary N) is 2. The molecule has 28 heavy (non-hydrogen) atoms. The van der Waals surface area contributed by atoms with E-state index in [9.17, 15) is 0 Å². The van der Waals surface area contributed by atoms with Gasteiger partial charge in [-0.3, -0.25) is 0 Å². The third kappa shape index (κ3) is 4.55. The molecule has 4 rings (SSSR count). The molecule has 3 aromatic carbocycles. The number of hydrogen-bond acceptors (Lipinski definition) is 3. The van der Waals surface area contributed by atoms with Gasteiger partial charge in [-0.05, 0) is 36.4 Å². The van der Waals surface area contributed by atoms with Crippen LogP contribution in [0.1, 0.15) is 17.0 Å². The highest BCUT2D eigenvalue weighted by atomic mass is 79.9. The van der Waals surface area contributed by atoms with Crippen LogP contribution < -0.4 is 10.1 Å². The summed E-state index contributed by atoms with van der Waals surface area (Å²) in [5, 5.41) is 4.15. The van der Waals surface area contributed by atoms with E-state index in [1.165, 1.54) is 0 Å². The standard InChI is InChI=1S/C22H19BrClN3O/c23-17-9-10-21(28-14-15-5-1-2-6-18(15)24)16(11-17)12-25-13-22-26-19-7-3-4-8-20(19)27-22/h1-11,25H,12-14H2,(H,26,27). The number of ether oxygens (including phenoxy) is 1. The van der Waals surface area contributed by atoms with Crippen LogP contribution in [-0.4, -0.2) is 9.97 Å². The van der Waals surface area contributed by atoms with Crippen LogP contribution in [0.5, 0.6) is 5.75 Å². The lowest BCUT2D eigenvalue weighted by Gasteiger charge is -2.13. The highest BCUT2D eigenvalue weighted by molar-refractivity contribution is 9.10. The first-order valence-electron chi connectivity index (χ1n) is 8.98. The van der Waals surface area contributed by atoms with Crippen molar-refractivity contribution in [2.24, 2.45) is 0 Å². The second kappa shape index (κ2) is 8.78. The van der Waals surface area contributed by atoms with Gasteiger partial charge in [-0.1, -0.05) is 57.9 Å². The molecule has 0 bridgehead atoms. The second-order valence-electron chi connectivity index (χ2n) is 6.44. The Balaban J connectivity index is 1.42. The van der Waals surface area contributed by atoms with Crippen LogP contribution in [0.2, 0.25) is 5.02 Å². The zero-order chi connectivity index (χ0) is 19.3. The number of H-pyrrole nitrogens is 1. The van der Waals surface area contributed by atoms with Crippen molar-refractivity contribution in [3.05, 3.63) is 93.2 Å². The zero-order valence-electron chi connectivity index (χ0n) is 15.1. The van der Waals surface area contributed by atoms with E-state index in [1.807, 2.05) is 60.7 Å². The van der Waals surface area contributed by atoms with E-state index in [1.54, 1.807) is 0 Å². The quantitative estimate of drug-likeness (QED) is 0.367. The van der Waals surface area contributed by atoms with Gasteiger partial charge in [0.2, 0.25) is 0 Å². The van der Waals surface area contributed by atoms with E-state index in [4.69, 9.17) is 16.3 Å². The average molecular weight is 457 g/mol. The first kappa shape index (κ1) is 19.0. The zero-order valence-corrected chi connectivity index (χ0v) is 17.4. The molecule has 1 heterocycles. The summed E-state index contributed by atoms with van der Waals surface area (Å²) >= 11 is 9.77. The molecule has 0 saturated heterocycles. The smallest absolute Gasteiger partial charge is 0.124 e. The van der Waals surface area contributed by atoms with Crippen LogP contribution in [0, 0.1) is 0 Å². The molecule has 0 spiro atoms. The molecule has 4 nitrogen and oxygen atoms in total. The van der Waals surface area contributed by atoms with E-state index in [0.29, 0.717) is 24.7 Å². The van der Waals surface area contributed by atoms with Crippen molar-refractivity contribution in [3.8, 4) is 5.75 Å². The lowest BCUT2D eigenvalue weighted by molar-refractivity contribution is 0.302. The summed E-state index contributed by atoms with van der Waals surface area (Å²) in [5.41, 5.74) is 4.06. The lowest BCUT2D eigenvalue weighted by atomic mass is 10.2. The summed E-state index contributed by atoms with van der Waals surface area (Å²) in [6.45, 7) is 1.73. The van der Waals surface area contributed by atoms with Gasteiger partial charge < -0.3 is 15.0 Å². The topological polar surface area (TPSA) is 49.9 Å². The molecule has 0 aliphatic carbocycles. The number of rotatable bonds is 7. The van der Waals surface area contributed by atoms with Gasteiger partial charge in [0.05, 0.1) is 17.6 Å². The van der Waals surface area contributed by atoms with Crippen LogP contribution in [0.4, 0.5) is 0 Å². The Kier molecular flexibility index (Phi) is 5.95. The summed E-state index contributed by atoms with van der Waals surface area (Å²) in [4.78, 5) is 7.93. The summed E-state index contributed by atoms with van der Waals surface area (Å²) in [6.07, 6.45) is 0. The maximum absolute atomic E-state index is 6.23. The maximum Gasteiger partial charge on any atom is 0.124 e. The molecule has 142 valence electrons. The van der Waals surface area contributed by atoms with Crippen LogP contribution >= 0.6 is 27.5 Å². The molecule has 0 atom stereocenters. The normalized spacial score (nSPS) is 11.1. The number of aromatic nitrogens is 2. The number of para-hydroxylation sites is 2. The molecular weight excluding hydrogens is 438 g/mol. The summed E-state index contributed by atoms with van der Waals surface area (Å²) in [6, 6.07) is 21.8. The number of nitrogens with zero attached hydrogens (tertiary/aromatic N) is 1. The molecule has 0 unspecified atom stereocenters. The predicted molar refractivity (Wildman–Crippen MR) is 117 cm³/mol. The van der Waals surface area contributed by atoms with Gasteiger partial charge in [0.15, 0.2) is 0 Å². The first-order chi connectivity index (χ1) is 13.7. The van der Waals surface area contributed by atoms with Gasteiger partial charge in [-0.2, -0.15) is 0 Å². The van der Waals surface area contributed by atoms with Crippen molar-refractivity contribution < 1.29 is 4.74 Å². The Morgan fingerprint density at radius 3 is 2.64 bits per heavy atom. The SMILES string of the molecule is Clc1ccccc1COc1ccc(Br)cc1CNCc1nc2ccccc2[nH]1. The fourth-order valence-electron chi connectivity index (χ4n) is 3.00. The van der Waals surface area contributed by atoms with Crippen LogP contribution in [0.25, 0.3) is 11.0 Å². The highest BCUT2D eigenvalue weighted by Gasteiger charge is 2.08. The minimum atomic E-state index is 0.428. The van der Waals surface area contributed by atoms with Crippen molar-refractivity contribution in [1.29, 1.82) is 0 Å². The van der Waals surface area contributed by atoms with Crippen molar-refractivity contribution in [3.63, 3.8) is 0 Å². The Hall–Kier alpha value is -2.34. The maximum atomic E-state index is 6.23. The first-order valence-corrected chi connectivity index (χ1v) is 10.1. The van der Waals surface area contributed by atoms with Gasteiger partial charge in [0.1, 0.15) is 18.2 Å². The number of halogens is 2. The summed E-state index contributed by atoms with van der Waals surface area (Å²) in [7, 11) is 0. The van der Waals surface area contributed by atoms with E-state index < -0.39 is 0 Å². The monoisotopic (exact) mass is 455 g/mol. The number of fused-ring (bicyclic) bond motifs is 1. The third-order valence-corrected chi connectivity index (χ3v) is 5.27. The van der Waals surface area contributed by atoms with Gasteiger partial charge in [-0.25, -0.2) is 4.98 Å². The van der Waals surface area contributed by atoms with E-state index in [-0.39, 0.29) is 0 Å². The van der Waals surface area contributed by atoms with Crippen molar-refractivity contribution in [2.45, 2.75) is 19.7 Å². The molecule has 6 heteroatoms. The predicted octanol–water partition coefficient (Wildman–Crippen LogP) is 5.85. The number of benzene rings is 3. The van der Waals surface area contributed by atoms with E-state index in [0.717, 1.165) is 38.2 Å². The van der Waals surface area contributed by atoms with Crippen LogP contribution in [0.15, 0.2) is 71.2 Å². The summed E-state index contributed by atoms with van der Waals surface area (Å²) in [5.74, 6) is 1.75. The average Bonchev–Trinajstić information content (AvgIpc) is 3.11. The molecule has 1 aromatic heterocycles. The van der Waals surface area contributed by atoms with Crippen molar-refractivity contribution in [1.82, 2.24) is 15.3 Å². The Labute approximate surface area is 177 Å². The number of imidazole rings is 1.